The van der Waals surface area contributed by atoms with Gasteiger partial charge in [0.15, 0.2) is 0 Å². The highest BCUT2D eigenvalue weighted by Gasteiger charge is 2.16. The van der Waals surface area contributed by atoms with Gasteiger partial charge in [-0.15, -0.1) is 0 Å². The van der Waals surface area contributed by atoms with Crippen LogP contribution < -0.4 is 15.4 Å². The molecule has 0 bridgehead atoms. The number of nitrogens with zero attached hydrogens (tertiary/aromatic N) is 2. The summed E-state index contributed by atoms with van der Waals surface area (Å²) in [6.07, 6.45) is 3.84. The Kier molecular flexibility index (Phi) is 6.77. The molecule has 0 saturated heterocycles. The molecule has 0 aliphatic carbocycles. The van der Waals surface area contributed by atoms with Crippen molar-refractivity contribution < 1.29 is 9.53 Å². The van der Waals surface area contributed by atoms with Crippen molar-refractivity contribution in [2.24, 2.45) is 0 Å². The number of nitrogens with one attached hydrogen (secondary N) is 2. The SMILES string of the molecule is CCCc1c(N[C@H](C)c2ccc(OC)c(NC(C)=O)c2)cnn1-c1ccccc1C. The van der Waals surface area contributed by atoms with Gasteiger partial charge in [-0.05, 0) is 49.6 Å². The Morgan fingerprint density at radius 3 is 2.63 bits per heavy atom. The molecule has 158 valence electrons. The first-order valence-corrected chi connectivity index (χ1v) is 10.3. The highest BCUT2D eigenvalue weighted by Crippen LogP contribution is 2.31. The van der Waals surface area contributed by atoms with Gasteiger partial charge in [-0.1, -0.05) is 37.6 Å². The van der Waals surface area contributed by atoms with Crippen LogP contribution in [-0.2, 0) is 11.2 Å². The number of benzene rings is 2. The van der Waals surface area contributed by atoms with Crippen LogP contribution >= 0.6 is 0 Å². The second-order valence-corrected chi connectivity index (χ2v) is 7.46. The molecule has 3 rings (SSSR count). The zero-order valence-corrected chi connectivity index (χ0v) is 18.3. The second-order valence-electron chi connectivity index (χ2n) is 7.46. The molecule has 1 heterocycles. The number of aryl methyl sites for hydroxylation is 1. The van der Waals surface area contributed by atoms with E-state index in [9.17, 15) is 4.79 Å². The maximum atomic E-state index is 11.5. The quantitative estimate of drug-likeness (QED) is 0.534. The molecule has 3 aromatic rings. The van der Waals surface area contributed by atoms with Crippen molar-refractivity contribution in [3.8, 4) is 11.4 Å². The predicted molar refractivity (Wildman–Crippen MR) is 122 cm³/mol. The summed E-state index contributed by atoms with van der Waals surface area (Å²) in [7, 11) is 1.60. The minimum absolute atomic E-state index is 0.0218. The van der Waals surface area contributed by atoms with Gasteiger partial charge >= 0.3 is 0 Å². The van der Waals surface area contributed by atoms with E-state index >= 15 is 0 Å². The number of rotatable bonds is 8. The van der Waals surface area contributed by atoms with Gasteiger partial charge in [0.05, 0.1) is 36.1 Å². The van der Waals surface area contributed by atoms with E-state index < -0.39 is 0 Å². The van der Waals surface area contributed by atoms with Gasteiger partial charge in [0, 0.05) is 13.0 Å². The minimum Gasteiger partial charge on any atom is -0.495 e. The van der Waals surface area contributed by atoms with E-state index in [2.05, 4.69) is 48.6 Å². The first kappa shape index (κ1) is 21.4. The number of carbonyl (C=O) groups excluding carboxylic acids is 1. The van der Waals surface area contributed by atoms with E-state index in [0.29, 0.717) is 11.4 Å². The summed E-state index contributed by atoms with van der Waals surface area (Å²) in [6, 6.07) is 14.1. The summed E-state index contributed by atoms with van der Waals surface area (Å²) >= 11 is 0. The molecule has 0 saturated carbocycles. The Morgan fingerprint density at radius 2 is 1.97 bits per heavy atom. The third-order valence-electron chi connectivity index (χ3n) is 5.11. The minimum atomic E-state index is -0.129. The highest BCUT2D eigenvalue weighted by atomic mass is 16.5. The maximum absolute atomic E-state index is 11.5. The number of ether oxygens (including phenoxy) is 1. The molecule has 0 unspecified atom stereocenters. The predicted octanol–water partition coefficient (Wildman–Crippen LogP) is 5.27. The molecule has 2 aromatic carbocycles. The maximum Gasteiger partial charge on any atom is 0.221 e. The summed E-state index contributed by atoms with van der Waals surface area (Å²) in [4.78, 5) is 11.5. The van der Waals surface area contributed by atoms with E-state index in [4.69, 9.17) is 4.74 Å². The van der Waals surface area contributed by atoms with E-state index in [1.165, 1.54) is 12.5 Å². The van der Waals surface area contributed by atoms with Gasteiger partial charge in [-0.2, -0.15) is 5.10 Å². The molecule has 30 heavy (non-hydrogen) atoms. The van der Waals surface area contributed by atoms with Crippen LogP contribution in [0.5, 0.6) is 5.75 Å². The number of hydrogen-bond donors (Lipinski definition) is 2. The Labute approximate surface area is 178 Å². The lowest BCUT2D eigenvalue weighted by molar-refractivity contribution is -0.114. The van der Waals surface area contributed by atoms with Gasteiger partial charge in [-0.25, -0.2) is 4.68 Å². The third-order valence-corrected chi connectivity index (χ3v) is 5.11. The van der Waals surface area contributed by atoms with Crippen molar-refractivity contribution in [1.82, 2.24) is 9.78 Å². The van der Waals surface area contributed by atoms with Crippen molar-refractivity contribution in [1.29, 1.82) is 0 Å². The molecule has 0 aliphatic heterocycles. The van der Waals surface area contributed by atoms with Crippen LogP contribution in [0.2, 0.25) is 0 Å². The fourth-order valence-corrected chi connectivity index (χ4v) is 3.58. The summed E-state index contributed by atoms with van der Waals surface area (Å²) in [5.41, 5.74) is 6.18. The molecule has 1 aromatic heterocycles. The Bertz CT molecular complexity index is 1030. The van der Waals surface area contributed by atoms with E-state index in [0.717, 1.165) is 35.5 Å². The highest BCUT2D eigenvalue weighted by molar-refractivity contribution is 5.90. The molecule has 6 nitrogen and oxygen atoms in total. The number of carbonyl (C=O) groups is 1. The van der Waals surface area contributed by atoms with Gasteiger partial charge in [0.1, 0.15) is 5.75 Å². The Morgan fingerprint density at radius 1 is 1.20 bits per heavy atom. The number of amides is 1. The smallest absolute Gasteiger partial charge is 0.221 e. The van der Waals surface area contributed by atoms with Crippen molar-refractivity contribution in [3.05, 3.63) is 65.5 Å². The first-order valence-electron chi connectivity index (χ1n) is 10.3. The summed E-state index contributed by atoms with van der Waals surface area (Å²) in [6.45, 7) is 7.86. The molecular formula is C24H30N4O2. The molecule has 0 spiro atoms. The van der Waals surface area contributed by atoms with Gasteiger partial charge in [0.25, 0.3) is 0 Å². The number of anilines is 2. The van der Waals surface area contributed by atoms with Crippen molar-refractivity contribution >= 4 is 17.3 Å². The normalized spacial score (nSPS) is 11.8. The average molecular weight is 407 g/mol. The molecule has 1 atom stereocenters. The van der Waals surface area contributed by atoms with Crippen LogP contribution in [0.1, 0.15) is 50.1 Å². The lowest BCUT2D eigenvalue weighted by Gasteiger charge is -2.19. The van der Waals surface area contributed by atoms with Gasteiger partial charge in [0.2, 0.25) is 5.91 Å². The first-order chi connectivity index (χ1) is 14.4. The van der Waals surface area contributed by atoms with Crippen LogP contribution in [-0.4, -0.2) is 22.8 Å². The average Bonchev–Trinajstić information content (AvgIpc) is 3.10. The van der Waals surface area contributed by atoms with E-state index in [-0.39, 0.29) is 11.9 Å². The molecular weight excluding hydrogens is 376 g/mol. The molecule has 2 N–H and O–H groups in total. The van der Waals surface area contributed by atoms with E-state index in [1.54, 1.807) is 7.11 Å². The number of aromatic nitrogens is 2. The van der Waals surface area contributed by atoms with Gasteiger partial charge in [-0.3, -0.25) is 4.79 Å². The molecule has 0 radical (unpaired) electrons. The van der Waals surface area contributed by atoms with Gasteiger partial charge < -0.3 is 15.4 Å². The Balaban J connectivity index is 1.91. The largest absolute Gasteiger partial charge is 0.495 e. The fraction of sp³-hybridized carbons (Fsp3) is 0.333. The topological polar surface area (TPSA) is 68.2 Å². The zero-order chi connectivity index (χ0) is 21.7. The number of para-hydroxylation sites is 1. The lowest BCUT2D eigenvalue weighted by atomic mass is 10.1. The van der Waals surface area contributed by atoms with Crippen LogP contribution in [0, 0.1) is 6.92 Å². The number of methoxy groups -OCH3 is 1. The lowest BCUT2D eigenvalue weighted by Crippen LogP contribution is -2.12. The molecule has 0 fully saturated rings. The van der Waals surface area contributed by atoms with Crippen LogP contribution in [0.4, 0.5) is 11.4 Å². The Hall–Kier alpha value is -3.28. The summed E-state index contributed by atoms with van der Waals surface area (Å²) in [5.74, 6) is 0.510. The third kappa shape index (κ3) is 4.64. The molecule has 1 amide bonds. The van der Waals surface area contributed by atoms with Crippen molar-refractivity contribution in [2.45, 2.75) is 46.6 Å². The van der Waals surface area contributed by atoms with Crippen molar-refractivity contribution in [3.63, 3.8) is 0 Å². The molecule has 6 heteroatoms. The number of hydrogen-bond acceptors (Lipinski definition) is 4. The standard InChI is InChI=1S/C24H30N4O2/c1-6-9-23-21(15-25-28(23)22-11-8-7-10-16(22)2)26-17(3)19-12-13-24(30-5)20(14-19)27-18(4)29/h7-8,10-15,17,26H,6,9H2,1-5H3,(H,27,29)/t17-/m1/s1. The van der Waals surface area contributed by atoms with Crippen LogP contribution in [0.15, 0.2) is 48.7 Å². The fourth-order valence-electron chi connectivity index (χ4n) is 3.58. The van der Waals surface area contributed by atoms with Crippen LogP contribution in [0.3, 0.4) is 0 Å². The summed E-state index contributed by atoms with van der Waals surface area (Å²) in [5, 5.41) is 11.1. The van der Waals surface area contributed by atoms with Crippen LogP contribution in [0.25, 0.3) is 5.69 Å². The monoisotopic (exact) mass is 406 g/mol. The molecule has 0 aliphatic rings. The second kappa shape index (κ2) is 9.48. The zero-order valence-electron chi connectivity index (χ0n) is 18.3. The summed E-state index contributed by atoms with van der Waals surface area (Å²) < 4.78 is 7.40. The van der Waals surface area contributed by atoms with E-state index in [1.807, 2.05) is 41.2 Å². The van der Waals surface area contributed by atoms with Crippen molar-refractivity contribution in [2.75, 3.05) is 17.7 Å².